The van der Waals surface area contributed by atoms with Gasteiger partial charge >= 0.3 is 12.2 Å². The topological polar surface area (TPSA) is 79.4 Å². The largest absolute Gasteiger partial charge is 0.433 e. The van der Waals surface area contributed by atoms with Gasteiger partial charge in [-0.15, -0.1) is 0 Å². The average Bonchev–Trinajstić information content (AvgIpc) is 2.36. The van der Waals surface area contributed by atoms with Crippen molar-refractivity contribution in [2.24, 2.45) is 5.41 Å². The lowest BCUT2D eigenvalue weighted by Crippen LogP contribution is -2.62. The molecule has 0 aliphatic carbocycles. The van der Waals surface area contributed by atoms with Crippen molar-refractivity contribution in [1.82, 2.24) is 10.3 Å². The average molecular weight is 301 g/mol. The van der Waals surface area contributed by atoms with Crippen LogP contribution in [-0.4, -0.2) is 22.8 Å². The number of hydrogen-bond acceptors (Lipinski definition) is 4. The van der Waals surface area contributed by atoms with Crippen molar-refractivity contribution < 1.29 is 27.6 Å². The normalized spacial score (nSPS) is 18.7. The standard InChI is InChI=1S/C12H10F3N3O3/c1-11(2)8(19)17-10(21)18(9(11)20)6-3-4-7(16-5-6)12(13,14)15/h3-5H,1-2H3,(H,17,19,21). The fourth-order valence-corrected chi connectivity index (χ4v) is 1.70. The molecule has 21 heavy (non-hydrogen) atoms. The molecular formula is C12H10F3N3O3. The Kier molecular flexibility index (Phi) is 3.23. The summed E-state index contributed by atoms with van der Waals surface area (Å²) in [7, 11) is 0. The first-order valence-electron chi connectivity index (χ1n) is 5.78. The highest BCUT2D eigenvalue weighted by Crippen LogP contribution is 2.31. The second-order valence-electron chi connectivity index (χ2n) is 4.92. The monoisotopic (exact) mass is 301 g/mol. The number of carbonyl (C=O) groups is 3. The molecule has 1 aliphatic heterocycles. The Morgan fingerprint density at radius 2 is 1.81 bits per heavy atom. The smallest absolute Gasteiger partial charge is 0.276 e. The van der Waals surface area contributed by atoms with Gasteiger partial charge in [0, 0.05) is 0 Å². The van der Waals surface area contributed by atoms with E-state index in [9.17, 15) is 27.6 Å². The van der Waals surface area contributed by atoms with Crippen LogP contribution in [0.4, 0.5) is 23.7 Å². The fraction of sp³-hybridized carbons (Fsp3) is 0.333. The number of aromatic nitrogens is 1. The summed E-state index contributed by atoms with van der Waals surface area (Å²) in [6.45, 7) is 2.61. The summed E-state index contributed by atoms with van der Waals surface area (Å²) >= 11 is 0. The maximum absolute atomic E-state index is 12.4. The van der Waals surface area contributed by atoms with Crippen LogP contribution in [0, 0.1) is 5.41 Å². The second-order valence-corrected chi connectivity index (χ2v) is 4.92. The van der Waals surface area contributed by atoms with Crippen LogP contribution < -0.4 is 10.2 Å². The highest BCUT2D eigenvalue weighted by Gasteiger charge is 2.47. The quantitative estimate of drug-likeness (QED) is 0.801. The lowest BCUT2D eigenvalue weighted by molar-refractivity contribution is -0.141. The zero-order valence-electron chi connectivity index (χ0n) is 11.0. The van der Waals surface area contributed by atoms with Gasteiger partial charge < -0.3 is 0 Å². The molecule has 1 N–H and O–H groups in total. The molecular weight excluding hydrogens is 291 g/mol. The Bertz CT molecular complexity index is 623. The van der Waals surface area contributed by atoms with Crippen LogP contribution in [0.1, 0.15) is 19.5 Å². The van der Waals surface area contributed by atoms with Crippen molar-refractivity contribution >= 4 is 23.5 Å². The van der Waals surface area contributed by atoms with E-state index in [2.05, 4.69) is 4.98 Å². The van der Waals surface area contributed by atoms with Gasteiger partial charge in [0.05, 0.1) is 11.9 Å². The van der Waals surface area contributed by atoms with Crippen LogP contribution in [0.15, 0.2) is 18.3 Å². The Morgan fingerprint density at radius 3 is 2.29 bits per heavy atom. The first kappa shape index (κ1) is 14.9. The highest BCUT2D eigenvalue weighted by molar-refractivity contribution is 6.29. The van der Waals surface area contributed by atoms with Crippen LogP contribution in [0.5, 0.6) is 0 Å². The molecule has 2 rings (SSSR count). The number of rotatable bonds is 1. The predicted octanol–water partition coefficient (Wildman–Crippen LogP) is 1.71. The number of halogens is 3. The van der Waals surface area contributed by atoms with E-state index in [1.54, 1.807) is 0 Å². The number of anilines is 1. The third kappa shape index (κ3) is 2.46. The molecule has 112 valence electrons. The van der Waals surface area contributed by atoms with Gasteiger partial charge in [0.2, 0.25) is 11.8 Å². The first-order chi connectivity index (χ1) is 9.55. The van der Waals surface area contributed by atoms with Gasteiger partial charge in [0.1, 0.15) is 11.1 Å². The van der Waals surface area contributed by atoms with Gasteiger partial charge in [-0.2, -0.15) is 13.2 Å². The predicted molar refractivity (Wildman–Crippen MR) is 64.0 cm³/mol. The number of imide groups is 2. The maximum atomic E-state index is 12.4. The van der Waals surface area contributed by atoms with E-state index >= 15 is 0 Å². The Hall–Kier alpha value is -2.45. The number of urea groups is 1. The van der Waals surface area contributed by atoms with Gasteiger partial charge in [-0.25, -0.2) is 14.7 Å². The number of hydrogen-bond donors (Lipinski definition) is 1. The Balaban J connectivity index is 2.39. The molecule has 0 unspecified atom stereocenters. The lowest BCUT2D eigenvalue weighted by atomic mass is 9.88. The highest BCUT2D eigenvalue weighted by atomic mass is 19.4. The van der Waals surface area contributed by atoms with E-state index in [0.29, 0.717) is 11.0 Å². The molecule has 9 heteroatoms. The molecule has 0 saturated carbocycles. The van der Waals surface area contributed by atoms with Crippen molar-refractivity contribution in [2.45, 2.75) is 20.0 Å². The minimum absolute atomic E-state index is 0.147. The summed E-state index contributed by atoms with van der Waals surface area (Å²) in [5.41, 5.74) is -2.80. The molecule has 1 aliphatic rings. The first-order valence-corrected chi connectivity index (χ1v) is 5.78. The van der Waals surface area contributed by atoms with Gasteiger partial charge in [0.15, 0.2) is 0 Å². The van der Waals surface area contributed by atoms with Crippen molar-refractivity contribution in [2.75, 3.05) is 4.90 Å². The number of nitrogens with zero attached hydrogens (tertiary/aromatic N) is 2. The van der Waals surface area contributed by atoms with E-state index in [0.717, 1.165) is 12.3 Å². The number of amides is 4. The van der Waals surface area contributed by atoms with Crippen LogP contribution in [0.2, 0.25) is 0 Å². The molecule has 0 aromatic carbocycles. The summed E-state index contributed by atoms with van der Waals surface area (Å²) in [4.78, 5) is 39.2. The summed E-state index contributed by atoms with van der Waals surface area (Å²) in [5.74, 6) is -1.61. The third-order valence-electron chi connectivity index (χ3n) is 3.03. The van der Waals surface area contributed by atoms with Gasteiger partial charge in [-0.1, -0.05) is 0 Å². The fourth-order valence-electron chi connectivity index (χ4n) is 1.70. The van der Waals surface area contributed by atoms with E-state index in [1.165, 1.54) is 13.8 Å². The van der Waals surface area contributed by atoms with Gasteiger partial charge in [-0.05, 0) is 26.0 Å². The van der Waals surface area contributed by atoms with Crippen molar-refractivity contribution in [3.05, 3.63) is 24.0 Å². The second kappa shape index (κ2) is 4.54. The molecule has 6 nitrogen and oxygen atoms in total. The van der Waals surface area contributed by atoms with Crippen LogP contribution >= 0.6 is 0 Å². The summed E-state index contributed by atoms with van der Waals surface area (Å²) in [6, 6.07) is 0.573. The van der Waals surface area contributed by atoms with E-state index in [-0.39, 0.29) is 5.69 Å². The molecule has 0 radical (unpaired) electrons. The summed E-state index contributed by atoms with van der Waals surface area (Å²) < 4.78 is 37.3. The van der Waals surface area contributed by atoms with E-state index in [4.69, 9.17) is 0 Å². The lowest BCUT2D eigenvalue weighted by Gasteiger charge is -2.34. The maximum Gasteiger partial charge on any atom is 0.433 e. The number of barbiturate groups is 1. The molecule has 1 saturated heterocycles. The third-order valence-corrected chi connectivity index (χ3v) is 3.03. The SMILES string of the molecule is CC1(C)C(=O)NC(=O)N(c2ccc(C(F)(F)F)nc2)C1=O. The molecule has 0 bridgehead atoms. The van der Waals surface area contributed by atoms with Crippen molar-refractivity contribution in [1.29, 1.82) is 0 Å². The number of alkyl halides is 3. The van der Waals surface area contributed by atoms with Crippen LogP contribution in [0.25, 0.3) is 0 Å². The minimum atomic E-state index is -4.62. The number of nitrogens with one attached hydrogen (secondary N) is 1. The molecule has 4 amide bonds. The molecule has 1 aromatic rings. The van der Waals surface area contributed by atoms with Crippen LogP contribution in [-0.2, 0) is 15.8 Å². The summed E-state index contributed by atoms with van der Waals surface area (Å²) in [6.07, 6.45) is -3.87. The molecule has 0 atom stereocenters. The van der Waals surface area contributed by atoms with Crippen LogP contribution in [0.3, 0.4) is 0 Å². The number of carbonyl (C=O) groups excluding carboxylic acids is 3. The zero-order valence-corrected chi connectivity index (χ0v) is 11.0. The Morgan fingerprint density at radius 1 is 1.19 bits per heavy atom. The van der Waals surface area contributed by atoms with Gasteiger partial charge in [0.25, 0.3) is 0 Å². The molecule has 1 aromatic heterocycles. The van der Waals surface area contributed by atoms with Gasteiger partial charge in [-0.3, -0.25) is 14.9 Å². The van der Waals surface area contributed by atoms with Crippen molar-refractivity contribution in [3.63, 3.8) is 0 Å². The molecule has 1 fully saturated rings. The minimum Gasteiger partial charge on any atom is -0.276 e. The van der Waals surface area contributed by atoms with E-state index < -0.39 is 35.1 Å². The molecule has 2 heterocycles. The molecule has 0 spiro atoms. The Labute approximate surface area is 116 Å². The number of pyridine rings is 1. The zero-order chi connectivity index (χ0) is 16.0. The summed E-state index contributed by atoms with van der Waals surface area (Å²) in [5, 5.41) is 1.97. The van der Waals surface area contributed by atoms with E-state index in [1.807, 2.05) is 5.32 Å². The van der Waals surface area contributed by atoms with Crippen molar-refractivity contribution in [3.8, 4) is 0 Å².